The zero-order chi connectivity index (χ0) is 16.8. The van der Waals surface area contributed by atoms with Gasteiger partial charge in [0.25, 0.3) is 0 Å². The van der Waals surface area contributed by atoms with Crippen molar-refractivity contribution in [3.05, 3.63) is 22.4 Å². The molecule has 1 saturated carbocycles. The first-order valence-corrected chi connectivity index (χ1v) is 9.98. The molecule has 3 rings (SSSR count). The highest BCUT2D eigenvalue weighted by molar-refractivity contribution is 7.10. The molecule has 0 amide bonds. The monoisotopic (exact) mass is 350 g/mol. The van der Waals surface area contributed by atoms with Gasteiger partial charge in [-0.05, 0) is 30.7 Å². The van der Waals surface area contributed by atoms with Crippen LogP contribution in [0.2, 0.25) is 0 Å². The van der Waals surface area contributed by atoms with E-state index in [4.69, 9.17) is 4.74 Å². The van der Waals surface area contributed by atoms with Gasteiger partial charge in [-0.3, -0.25) is 9.89 Å². The van der Waals surface area contributed by atoms with Crippen LogP contribution in [0, 0.1) is 5.92 Å². The lowest BCUT2D eigenvalue weighted by Gasteiger charge is -2.37. The zero-order valence-corrected chi connectivity index (χ0v) is 15.6. The summed E-state index contributed by atoms with van der Waals surface area (Å²) in [6, 6.07) is 4.75. The third kappa shape index (κ3) is 5.19. The standard InChI is InChI=1S/C18H30N4OS/c1-14-13-22(9-10-23-14)16(17-4-3-11-24-17)12-21-18(19-2)20-8-7-15-5-6-15/h3-4,11,14-16H,5-10,12-13H2,1-2H3,(H2,19,20,21). The molecule has 0 aromatic carbocycles. The molecule has 1 aromatic heterocycles. The summed E-state index contributed by atoms with van der Waals surface area (Å²) in [5.41, 5.74) is 0. The van der Waals surface area contributed by atoms with Gasteiger partial charge in [0.05, 0.1) is 18.8 Å². The molecule has 0 radical (unpaired) electrons. The van der Waals surface area contributed by atoms with Gasteiger partial charge in [-0.25, -0.2) is 0 Å². The normalized spacial score (nSPS) is 23.9. The van der Waals surface area contributed by atoms with Crippen LogP contribution in [0.1, 0.15) is 37.1 Å². The van der Waals surface area contributed by atoms with Crippen LogP contribution in [0.25, 0.3) is 0 Å². The Labute approximate surface area is 149 Å². The van der Waals surface area contributed by atoms with E-state index in [1.807, 2.05) is 18.4 Å². The Morgan fingerprint density at radius 1 is 1.46 bits per heavy atom. The molecule has 24 heavy (non-hydrogen) atoms. The molecule has 2 N–H and O–H groups in total. The van der Waals surface area contributed by atoms with Crippen LogP contribution in [0.4, 0.5) is 0 Å². The van der Waals surface area contributed by atoms with Crippen molar-refractivity contribution in [2.75, 3.05) is 39.8 Å². The van der Waals surface area contributed by atoms with Gasteiger partial charge in [0.1, 0.15) is 0 Å². The highest BCUT2D eigenvalue weighted by Crippen LogP contribution is 2.31. The predicted octanol–water partition coefficient (Wildman–Crippen LogP) is 2.47. The maximum Gasteiger partial charge on any atom is 0.191 e. The van der Waals surface area contributed by atoms with E-state index in [0.29, 0.717) is 12.1 Å². The molecule has 1 aliphatic carbocycles. The quantitative estimate of drug-likeness (QED) is 0.586. The number of nitrogens with one attached hydrogen (secondary N) is 2. The van der Waals surface area contributed by atoms with Crippen LogP contribution in [0.5, 0.6) is 0 Å². The van der Waals surface area contributed by atoms with Crippen LogP contribution in [-0.4, -0.2) is 56.8 Å². The van der Waals surface area contributed by atoms with Gasteiger partial charge in [-0.15, -0.1) is 11.3 Å². The van der Waals surface area contributed by atoms with Gasteiger partial charge >= 0.3 is 0 Å². The van der Waals surface area contributed by atoms with E-state index in [2.05, 4.69) is 45.0 Å². The highest BCUT2D eigenvalue weighted by atomic mass is 32.1. The van der Waals surface area contributed by atoms with Gasteiger partial charge in [0.15, 0.2) is 5.96 Å². The van der Waals surface area contributed by atoms with E-state index in [1.54, 1.807) is 0 Å². The minimum Gasteiger partial charge on any atom is -0.376 e. The molecule has 0 spiro atoms. The Morgan fingerprint density at radius 3 is 3.00 bits per heavy atom. The predicted molar refractivity (Wildman–Crippen MR) is 101 cm³/mol. The number of aliphatic imine (C=N–C) groups is 1. The average molecular weight is 351 g/mol. The molecule has 2 unspecified atom stereocenters. The van der Waals surface area contributed by atoms with Crippen molar-refractivity contribution in [2.45, 2.75) is 38.3 Å². The van der Waals surface area contributed by atoms with Crippen molar-refractivity contribution < 1.29 is 4.74 Å². The number of thiophene rings is 1. The molecule has 2 fully saturated rings. The number of guanidine groups is 1. The fourth-order valence-corrected chi connectivity index (χ4v) is 4.10. The lowest BCUT2D eigenvalue weighted by molar-refractivity contribution is -0.0334. The van der Waals surface area contributed by atoms with Gasteiger partial charge < -0.3 is 15.4 Å². The number of hydrogen-bond donors (Lipinski definition) is 2. The number of rotatable bonds is 7. The van der Waals surface area contributed by atoms with E-state index in [9.17, 15) is 0 Å². The number of morpholine rings is 1. The maximum absolute atomic E-state index is 5.71. The van der Waals surface area contributed by atoms with Crippen LogP contribution in [0.3, 0.4) is 0 Å². The minimum atomic E-state index is 0.303. The fourth-order valence-electron chi connectivity index (χ4n) is 3.23. The third-order valence-electron chi connectivity index (χ3n) is 4.81. The summed E-state index contributed by atoms with van der Waals surface area (Å²) in [6.07, 6.45) is 4.38. The zero-order valence-electron chi connectivity index (χ0n) is 14.8. The topological polar surface area (TPSA) is 48.9 Å². The summed E-state index contributed by atoms with van der Waals surface area (Å²) >= 11 is 1.83. The average Bonchev–Trinajstić information content (AvgIpc) is 3.25. The largest absolute Gasteiger partial charge is 0.376 e. The molecule has 134 valence electrons. The number of nitrogens with zero attached hydrogens (tertiary/aromatic N) is 2. The molecule has 5 nitrogen and oxygen atoms in total. The minimum absolute atomic E-state index is 0.303. The van der Waals surface area contributed by atoms with Crippen LogP contribution in [0.15, 0.2) is 22.5 Å². The Hall–Kier alpha value is -1.11. The van der Waals surface area contributed by atoms with Gasteiger partial charge in [0, 0.05) is 38.1 Å². The summed E-state index contributed by atoms with van der Waals surface area (Å²) in [4.78, 5) is 8.31. The first-order valence-electron chi connectivity index (χ1n) is 9.10. The molecular formula is C18H30N4OS. The second-order valence-electron chi connectivity index (χ2n) is 6.82. The fraction of sp³-hybridized carbons (Fsp3) is 0.722. The Bertz CT molecular complexity index is 515. The summed E-state index contributed by atoms with van der Waals surface area (Å²) in [5.74, 6) is 1.86. The molecule has 2 atom stereocenters. The smallest absolute Gasteiger partial charge is 0.191 e. The van der Waals surface area contributed by atoms with Gasteiger partial charge in [0.2, 0.25) is 0 Å². The summed E-state index contributed by atoms with van der Waals surface area (Å²) in [6.45, 7) is 6.83. The molecule has 2 aliphatic rings. The summed E-state index contributed by atoms with van der Waals surface area (Å²) in [7, 11) is 1.85. The highest BCUT2D eigenvalue weighted by Gasteiger charge is 2.26. The van der Waals surface area contributed by atoms with Gasteiger partial charge in [-0.2, -0.15) is 0 Å². The second-order valence-corrected chi connectivity index (χ2v) is 7.80. The van der Waals surface area contributed by atoms with E-state index < -0.39 is 0 Å². The summed E-state index contributed by atoms with van der Waals surface area (Å²) in [5, 5.41) is 9.14. The molecular weight excluding hydrogens is 320 g/mol. The Kier molecular flexibility index (Phi) is 6.51. The van der Waals surface area contributed by atoms with E-state index in [0.717, 1.165) is 44.7 Å². The maximum atomic E-state index is 5.71. The summed E-state index contributed by atoms with van der Waals surface area (Å²) < 4.78 is 5.71. The van der Waals surface area contributed by atoms with E-state index in [-0.39, 0.29) is 0 Å². The molecule has 2 heterocycles. The SMILES string of the molecule is CN=C(NCCC1CC1)NCC(c1cccs1)N1CCOC(C)C1. The molecule has 1 aromatic rings. The molecule has 1 aliphatic heterocycles. The van der Waals surface area contributed by atoms with Crippen LogP contribution in [-0.2, 0) is 4.74 Å². The van der Waals surface area contributed by atoms with Crippen molar-refractivity contribution in [3.63, 3.8) is 0 Å². The van der Waals surface area contributed by atoms with E-state index >= 15 is 0 Å². The second kappa shape index (κ2) is 8.83. The van der Waals surface area contributed by atoms with Crippen molar-refractivity contribution in [3.8, 4) is 0 Å². The third-order valence-corrected chi connectivity index (χ3v) is 5.79. The van der Waals surface area contributed by atoms with Gasteiger partial charge in [-0.1, -0.05) is 18.9 Å². The lowest BCUT2D eigenvalue weighted by atomic mass is 10.1. The first kappa shape index (κ1) is 17.7. The van der Waals surface area contributed by atoms with Crippen molar-refractivity contribution >= 4 is 17.3 Å². The number of hydrogen-bond acceptors (Lipinski definition) is 4. The molecule has 6 heteroatoms. The lowest BCUT2D eigenvalue weighted by Crippen LogP contribution is -2.48. The Balaban J connectivity index is 1.54. The van der Waals surface area contributed by atoms with Crippen LogP contribution < -0.4 is 10.6 Å². The van der Waals surface area contributed by atoms with Crippen molar-refractivity contribution in [1.29, 1.82) is 0 Å². The molecule has 0 bridgehead atoms. The first-order chi connectivity index (χ1) is 11.8. The van der Waals surface area contributed by atoms with Crippen molar-refractivity contribution in [2.24, 2.45) is 10.9 Å². The number of ether oxygens (including phenoxy) is 1. The Morgan fingerprint density at radius 2 is 2.33 bits per heavy atom. The van der Waals surface area contributed by atoms with E-state index in [1.165, 1.54) is 24.1 Å². The molecule has 1 saturated heterocycles. The van der Waals surface area contributed by atoms with Crippen LogP contribution >= 0.6 is 11.3 Å². The van der Waals surface area contributed by atoms with Crippen molar-refractivity contribution in [1.82, 2.24) is 15.5 Å².